The smallest absolute Gasteiger partial charge is 0.219 e. The Bertz CT molecular complexity index is 139. The first kappa shape index (κ1) is 9.56. The Hall–Kier alpha value is -0.530. The molecule has 0 aromatic heterocycles. The molecule has 12 heavy (non-hydrogen) atoms. The third-order valence-corrected chi connectivity index (χ3v) is 2.77. The zero-order valence-corrected chi connectivity index (χ0v) is 7.94. The predicted molar refractivity (Wildman–Crippen MR) is 49.9 cm³/mol. The standard InChI is InChI=1S/C10H19NO/c1-11-10(12)8-4-7-9-5-2-3-6-9/h9H,2-8H2,1H3,(H,11,12). The van der Waals surface area contributed by atoms with Crippen LogP contribution in [0.4, 0.5) is 0 Å². The lowest BCUT2D eigenvalue weighted by molar-refractivity contribution is -0.120. The second kappa shape index (κ2) is 5.18. The van der Waals surface area contributed by atoms with Gasteiger partial charge in [-0.3, -0.25) is 4.79 Å². The Balaban J connectivity index is 1.97. The lowest BCUT2D eigenvalue weighted by atomic mass is 10.0. The molecule has 1 aliphatic rings. The van der Waals surface area contributed by atoms with Crippen LogP contribution in [0.15, 0.2) is 0 Å². The van der Waals surface area contributed by atoms with Gasteiger partial charge in [0.1, 0.15) is 0 Å². The van der Waals surface area contributed by atoms with Gasteiger partial charge in [-0.05, 0) is 18.8 Å². The summed E-state index contributed by atoms with van der Waals surface area (Å²) >= 11 is 0. The quantitative estimate of drug-likeness (QED) is 0.686. The fourth-order valence-corrected chi connectivity index (χ4v) is 1.98. The molecule has 0 heterocycles. The van der Waals surface area contributed by atoms with Crippen LogP contribution in [0, 0.1) is 5.92 Å². The lowest BCUT2D eigenvalue weighted by Gasteiger charge is -2.06. The van der Waals surface area contributed by atoms with E-state index in [9.17, 15) is 4.79 Å². The molecule has 2 heteroatoms. The van der Waals surface area contributed by atoms with E-state index in [1.807, 2.05) is 0 Å². The molecule has 0 radical (unpaired) electrons. The average molecular weight is 169 g/mol. The van der Waals surface area contributed by atoms with Gasteiger partial charge in [-0.2, -0.15) is 0 Å². The predicted octanol–water partition coefficient (Wildman–Crippen LogP) is 2.09. The minimum Gasteiger partial charge on any atom is -0.359 e. The highest BCUT2D eigenvalue weighted by molar-refractivity contribution is 5.75. The molecule has 1 N–H and O–H groups in total. The number of hydrogen-bond acceptors (Lipinski definition) is 1. The maximum absolute atomic E-state index is 10.9. The SMILES string of the molecule is CNC(=O)CCCC1CCCC1. The van der Waals surface area contributed by atoms with E-state index in [0.29, 0.717) is 6.42 Å². The van der Waals surface area contributed by atoms with Crippen molar-refractivity contribution in [1.82, 2.24) is 5.32 Å². The third kappa shape index (κ3) is 3.24. The Labute approximate surface area is 74.7 Å². The summed E-state index contributed by atoms with van der Waals surface area (Å²) in [4.78, 5) is 10.9. The molecule has 1 rings (SSSR count). The summed E-state index contributed by atoms with van der Waals surface area (Å²) in [6, 6.07) is 0. The van der Waals surface area contributed by atoms with Crippen LogP contribution in [0.5, 0.6) is 0 Å². The molecule has 1 saturated carbocycles. The van der Waals surface area contributed by atoms with Crippen LogP contribution in [0.1, 0.15) is 44.9 Å². The van der Waals surface area contributed by atoms with Gasteiger partial charge < -0.3 is 5.32 Å². The summed E-state index contributed by atoms with van der Waals surface area (Å²) in [6.07, 6.45) is 8.65. The molecule has 2 nitrogen and oxygen atoms in total. The van der Waals surface area contributed by atoms with Crippen molar-refractivity contribution < 1.29 is 4.79 Å². The van der Waals surface area contributed by atoms with E-state index in [1.54, 1.807) is 7.05 Å². The average Bonchev–Trinajstić information content (AvgIpc) is 2.57. The van der Waals surface area contributed by atoms with E-state index in [4.69, 9.17) is 0 Å². The van der Waals surface area contributed by atoms with Gasteiger partial charge in [0.25, 0.3) is 0 Å². The van der Waals surface area contributed by atoms with Crippen LogP contribution in [-0.4, -0.2) is 13.0 Å². The Morgan fingerprint density at radius 3 is 2.67 bits per heavy atom. The van der Waals surface area contributed by atoms with Gasteiger partial charge in [-0.25, -0.2) is 0 Å². The largest absolute Gasteiger partial charge is 0.359 e. The van der Waals surface area contributed by atoms with E-state index in [0.717, 1.165) is 12.3 Å². The van der Waals surface area contributed by atoms with Crippen molar-refractivity contribution >= 4 is 5.91 Å². The fourth-order valence-electron chi connectivity index (χ4n) is 1.98. The fraction of sp³-hybridized carbons (Fsp3) is 0.900. The van der Waals surface area contributed by atoms with Crippen molar-refractivity contribution in [3.63, 3.8) is 0 Å². The van der Waals surface area contributed by atoms with Crippen LogP contribution in [0.3, 0.4) is 0 Å². The molecule has 0 bridgehead atoms. The Morgan fingerprint density at radius 2 is 2.08 bits per heavy atom. The second-order valence-electron chi connectivity index (χ2n) is 3.72. The van der Waals surface area contributed by atoms with Crippen molar-refractivity contribution in [3.8, 4) is 0 Å². The normalized spacial score (nSPS) is 18.1. The molecule has 0 unspecified atom stereocenters. The highest BCUT2D eigenvalue weighted by Gasteiger charge is 2.14. The molecular weight excluding hydrogens is 150 g/mol. The molecule has 0 aliphatic heterocycles. The first-order chi connectivity index (χ1) is 5.83. The number of rotatable bonds is 4. The molecule has 1 aliphatic carbocycles. The van der Waals surface area contributed by atoms with Gasteiger partial charge in [0.15, 0.2) is 0 Å². The van der Waals surface area contributed by atoms with Crippen LogP contribution >= 0.6 is 0 Å². The van der Waals surface area contributed by atoms with Crippen LogP contribution in [0.2, 0.25) is 0 Å². The lowest BCUT2D eigenvalue weighted by Crippen LogP contribution is -2.17. The van der Waals surface area contributed by atoms with Crippen molar-refractivity contribution in [2.24, 2.45) is 5.92 Å². The van der Waals surface area contributed by atoms with Crippen LogP contribution in [0.25, 0.3) is 0 Å². The molecule has 1 fully saturated rings. The van der Waals surface area contributed by atoms with Gasteiger partial charge in [-0.1, -0.05) is 25.7 Å². The number of amides is 1. The van der Waals surface area contributed by atoms with E-state index in [2.05, 4.69) is 5.32 Å². The highest BCUT2D eigenvalue weighted by Crippen LogP contribution is 2.28. The van der Waals surface area contributed by atoms with Crippen molar-refractivity contribution in [3.05, 3.63) is 0 Å². The summed E-state index contributed by atoms with van der Waals surface area (Å²) in [5.41, 5.74) is 0. The molecule has 0 spiro atoms. The molecule has 0 aromatic carbocycles. The van der Waals surface area contributed by atoms with Crippen molar-refractivity contribution in [2.45, 2.75) is 44.9 Å². The maximum atomic E-state index is 10.9. The summed E-state index contributed by atoms with van der Waals surface area (Å²) < 4.78 is 0. The van der Waals surface area contributed by atoms with Gasteiger partial charge in [-0.15, -0.1) is 0 Å². The maximum Gasteiger partial charge on any atom is 0.219 e. The topological polar surface area (TPSA) is 29.1 Å². The minimum atomic E-state index is 0.188. The Morgan fingerprint density at radius 1 is 1.42 bits per heavy atom. The summed E-state index contributed by atoms with van der Waals surface area (Å²) in [7, 11) is 1.71. The molecule has 0 saturated heterocycles. The minimum absolute atomic E-state index is 0.188. The number of carbonyl (C=O) groups is 1. The van der Waals surface area contributed by atoms with E-state index < -0.39 is 0 Å². The van der Waals surface area contributed by atoms with Gasteiger partial charge in [0.05, 0.1) is 0 Å². The monoisotopic (exact) mass is 169 g/mol. The van der Waals surface area contributed by atoms with E-state index in [1.165, 1.54) is 32.1 Å². The first-order valence-electron chi connectivity index (χ1n) is 5.03. The summed E-state index contributed by atoms with van der Waals surface area (Å²) in [6.45, 7) is 0. The second-order valence-corrected chi connectivity index (χ2v) is 3.72. The van der Waals surface area contributed by atoms with Crippen molar-refractivity contribution in [2.75, 3.05) is 7.05 Å². The van der Waals surface area contributed by atoms with E-state index in [-0.39, 0.29) is 5.91 Å². The Kier molecular flexibility index (Phi) is 4.12. The van der Waals surface area contributed by atoms with Gasteiger partial charge in [0.2, 0.25) is 5.91 Å². The van der Waals surface area contributed by atoms with Crippen molar-refractivity contribution in [1.29, 1.82) is 0 Å². The van der Waals surface area contributed by atoms with Crippen LogP contribution in [-0.2, 0) is 4.79 Å². The van der Waals surface area contributed by atoms with Gasteiger partial charge >= 0.3 is 0 Å². The van der Waals surface area contributed by atoms with E-state index >= 15 is 0 Å². The molecule has 0 atom stereocenters. The third-order valence-electron chi connectivity index (χ3n) is 2.77. The molecule has 70 valence electrons. The highest BCUT2D eigenvalue weighted by atomic mass is 16.1. The van der Waals surface area contributed by atoms with Crippen LogP contribution < -0.4 is 5.32 Å². The zero-order chi connectivity index (χ0) is 8.81. The zero-order valence-electron chi connectivity index (χ0n) is 7.94. The number of nitrogens with one attached hydrogen (secondary N) is 1. The molecule has 1 amide bonds. The number of hydrogen-bond donors (Lipinski definition) is 1. The number of carbonyl (C=O) groups excluding carboxylic acids is 1. The summed E-state index contributed by atoms with van der Waals surface area (Å²) in [5.74, 6) is 1.11. The molecular formula is C10H19NO. The first-order valence-corrected chi connectivity index (χ1v) is 5.03. The van der Waals surface area contributed by atoms with Gasteiger partial charge in [0, 0.05) is 13.5 Å². The molecule has 0 aromatic rings. The summed E-state index contributed by atoms with van der Waals surface area (Å²) in [5, 5.41) is 2.65.